The Labute approximate surface area is 148 Å². The average molecular weight is 346 g/mol. The number of nitrogens with zero attached hydrogens (tertiary/aromatic N) is 3. The molecule has 1 aromatic carbocycles. The van der Waals surface area contributed by atoms with Crippen LogP contribution in [0, 0.1) is 16.0 Å². The van der Waals surface area contributed by atoms with Gasteiger partial charge in [0.15, 0.2) is 0 Å². The van der Waals surface area contributed by atoms with Gasteiger partial charge in [-0.3, -0.25) is 19.8 Å². The second-order valence-corrected chi connectivity index (χ2v) is 6.98. The molecule has 2 heterocycles. The fourth-order valence-corrected chi connectivity index (χ4v) is 3.80. The Morgan fingerprint density at radius 1 is 1.32 bits per heavy atom. The van der Waals surface area contributed by atoms with Gasteiger partial charge < -0.3 is 10.2 Å². The molecule has 0 bridgehead atoms. The maximum Gasteiger partial charge on any atom is 0.271 e. The third kappa shape index (κ3) is 4.16. The van der Waals surface area contributed by atoms with Crippen LogP contribution in [-0.2, 0) is 11.2 Å². The number of hydrogen-bond donors (Lipinski definition) is 1. The molecule has 0 spiro atoms. The van der Waals surface area contributed by atoms with Crippen molar-refractivity contribution in [2.75, 3.05) is 44.7 Å². The van der Waals surface area contributed by atoms with E-state index in [2.05, 4.69) is 10.2 Å². The molecule has 0 aliphatic carbocycles. The summed E-state index contributed by atoms with van der Waals surface area (Å²) in [6, 6.07) is 4.82. The second kappa shape index (κ2) is 7.93. The van der Waals surface area contributed by atoms with Gasteiger partial charge in [0, 0.05) is 18.7 Å². The van der Waals surface area contributed by atoms with Gasteiger partial charge in [-0.05, 0) is 63.8 Å². The first-order chi connectivity index (χ1) is 12.1. The number of rotatable bonds is 6. The van der Waals surface area contributed by atoms with Crippen molar-refractivity contribution in [1.82, 2.24) is 10.2 Å². The Hall–Kier alpha value is -1.99. The first kappa shape index (κ1) is 17.8. The van der Waals surface area contributed by atoms with Gasteiger partial charge in [0.1, 0.15) is 0 Å². The molecule has 1 N–H and O–H groups in total. The number of carbonyl (C=O) groups is 1. The van der Waals surface area contributed by atoms with Gasteiger partial charge in [-0.2, -0.15) is 0 Å². The van der Waals surface area contributed by atoms with E-state index in [1.54, 1.807) is 11.0 Å². The number of nitrogens with one attached hydrogen (secondary N) is 1. The first-order valence-electron chi connectivity index (χ1n) is 9.03. The SMILES string of the molecule is CNCCC1CCN(CC(=O)N2CCc3ccc([N+](=O)[O-])cc32)CC1. The number of hydrogen-bond acceptors (Lipinski definition) is 5. The fourth-order valence-electron chi connectivity index (χ4n) is 3.80. The first-order valence-corrected chi connectivity index (χ1v) is 9.03. The number of carbonyl (C=O) groups excluding carboxylic acids is 1. The Morgan fingerprint density at radius 3 is 2.76 bits per heavy atom. The highest BCUT2D eigenvalue weighted by atomic mass is 16.6. The summed E-state index contributed by atoms with van der Waals surface area (Å²) in [6.07, 6.45) is 4.24. The molecule has 25 heavy (non-hydrogen) atoms. The number of likely N-dealkylation sites (tertiary alicyclic amines) is 1. The van der Waals surface area contributed by atoms with E-state index in [-0.39, 0.29) is 11.6 Å². The van der Waals surface area contributed by atoms with Crippen LogP contribution in [0.2, 0.25) is 0 Å². The minimum Gasteiger partial charge on any atom is -0.320 e. The lowest BCUT2D eigenvalue weighted by Crippen LogP contribution is -2.43. The molecule has 7 nitrogen and oxygen atoms in total. The molecule has 1 saturated heterocycles. The van der Waals surface area contributed by atoms with Crippen LogP contribution in [0.25, 0.3) is 0 Å². The van der Waals surface area contributed by atoms with Crippen LogP contribution in [-0.4, -0.2) is 55.5 Å². The Bertz CT molecular complexity index is 641. The smallest absolute Gasteiger partial charge is 0.271 e. The summed E-state index contributed by atoms with van der Waals surface area (Å²) in [7, 11) is 1.98. The lowest BCUT2D eigenvalue weighted by atomic mass is 9.93. The van der Waals surface area contributed by atoms with Gasteiger partial charge in [-0.15, -0.1) is 0 Å². The van der Waals surface area contributed by atoms with E-state index in [9.17, 15) is 14.9 Å². The Kier molecular flexibility index (Phi) is 5.65. The highest BCUT2D eigenvalue weighted by Gasteiger charge is 2.29. The molecule has 2 aliphatic rings. The highest BCUT2D eigenvalue weighted by Crippen LogP contribution is 2.32. The molecular formula is C18H26N4O3. The number of nitro benzene ring substituents is 1. The highest BCUT2D eigenvalue weighted by molar-refractivity contribution is 5.97. The molecule has 0 aromatic heterocycles. The molecule has 1 aromatic rings. The van der Waals surface area contributed by atoms with Crippen LogP contribution in [0.1, 0.15) is 24.8 Å². The van der Waals surface area contributed by atoms with Gasteiger partial charge >= 0.3 is 0 Å². The van der Waals surface area contributed by atoms with Crippen LogP contribution in [0.5, 0.6) is 0 Å². The Morgan fingerprint density at radius 2 is 2.08 bits per heavy atom. The van der Waals surface area contributed by atoms with E-state index >= 15 is 0 Å². The number of amides is 1. The number of non-ortho nitro benzene ring substituents is 1. The van der Waals surface area contributed by atoms with E-state index in [1.807, 2.05) is 7.05 Å². The number of fused-ring (bicyclic) bond motifs is 1. The zero-order valence-corrected chi connectivity index (χ0v) is 14.7. The molecule has 0 saturated carbocycles. The third-order valence-electron chi connectivity index (χ3n) is 5.34. The van der Waals surface area contributed by atoms with Crippen LogP contribution < -0.4 is 10.2 Å². The molecule has 0 unspecified atom stereocenters. The van der Waals surface area contributed by atoms with E-state index in [4.69, 9.17) is 0 Å². The van der Waals surface area contributed by atoms with Crippen LogP contribution in [0.15, 0.2) is 18.2 Å². The third-order valence-corrected chi connectivity index (χ3v) is 5.34. The predicted molar refractivity (Wildman–Crippen MR) is 96.9 cm³/mol. The number of benzene rings is 1. The van der Waals surface area contributed by atoms with Gasteiger partial charge in [0.25, 0.3) is 5.69 Å². The molecule has 136 valence electrons. The van der Waals surface area contributed by atoms with E-state index in [0.29, 0.717) is 18.8 Å². The van der Waals surface area contributed by atoms with Gasteiger partial charge in [0.05, 0.1) is 17.2 Å². The van der Waals surface area contributed by atoms with Crippen molar-refractivity contribution in [3.05, 3.63) is 33.9 Å². The quantitative estimate of drug-likeness (QED) is 0.628. The molecule has 1 fully saturated rings. The van der Waals surface area contributed by atoms with Crippen LogP contribution >= 0.6 is 0 Å². The molecule has 0 radical (unpaired) electrons. The average Bonchev–Trinajstić information content (AvgIpc) is 3.04. The standard InChI is InChI=1S/C18H26N4O3/c1-19-8-4-14-5-9-20(10-6-14)13-18(23)21-11-7-15-2-3-16(22(24)25)12-17(15)21/h2-3,12,14,19H,4-11,13H2,1H3. The zero-order chi connectivity index (χ0) is 17.8. The topological polar surface area (TPSA) is 78.7 Å². The van der Waals surface area contributed by atoms with Crippen LogP contribution in [0.3, 0.4) is 0 Å². The lowest BCUT2D eigenvalue weighted by Gasteiger charge is -2.32. The maximum atomic E-state index is 12.7. The van der Waals surface area contributed by atoms with Crippen molar-refractivity contribution >= 4 is 17.3 Å². The van der Waals surface area contributed by atoms with Gasteiger partial charge in [-0.1, -0.05) is 6.07 Å². The van der Waals surface area contributed by atoms with Crippen molar-refractivity contribution < 1.29 is 9.72 Å². The largest absolute Gasteiger partial charge is 0.320 e. The Balaban J connectivity index is 1.57. The van der Waals surface area contributed by atoms with Crippen LogP contribution in [0.4, 0.5) is 11.4 Å². The molecular weight excluding hydrogens is 320 g/mol. The fraction of sp³-hybridized carbons (Fsp3) is 0.611. The van der Waals surface area contributed by atoms with Crippen molar-refractivity contribution in [1.29, 1.82) is 0 Å². The molecule has 3 rings (SSSR count). The molecule has 0 atom stereocenters. The predicted octanol–water partition coefficient (Wildman–Crippen LogP) is 1.81. The van der Waals surface area contributed by atoms with E-state index in [0.717, 1.165) is 50.4 Å². The minimum atomic E-state index is -0.406. The minimum absolute atomic E-state index is 0.0452. The lowest BCUT2D eigenvalue weighted by molar-refractivity contribution is -0.384. The summed E-state index contributed by atoms with van der Waals surface area (Å²) in [6.45, 7) is 3.98. The summed E-state index contributed by atoms with van der Waals surface area (Å²) < 4.78 is 0. The van der Waals surface area contributed by atoms with E-state index in [1.165, 1.54) is 18.6 Å². The summed E-state index contributed by atoms with van der Waals surface area (Å²) in [5.74, 6) is 0.793. The number of piperidine rings is 1. The summed E-state index contributed by atoms with van der Waals surface area (Å²) >= 11 is 0. The van der Waals surface area contributed by atoms with Crippen molar-refractivity contribution in [3.8, 4) is 0 Å². The maximum absolute atomic E-state index is 12.7. The zero-order valence-electron chi connectivity index (χ0n) is 14.7. The van der Waals surface area contributed by atoms with E-state index < -0.39 is 4.92 Å². The number of anilines is 1. The second-order valence-electron chi connectivity index (χ2n) is 6.98. The van der Waals surface area contributed by atoms with Crippen molar-refractivity contribution in [2.45, 2.75) is 25.7 Å². The number of nitro groups is 1. The van der Waals surface area contributed by atoms with Gasteiger partial charge in [0.2, 0.25) is 5.91 Å². The summed E-state index contributed by atoms with van der Waals surface area (Å²) in [4.78, 5) is 27.2. The van der Waals surface area contributed by atoms with Crippen molar-refractivity contribution in [3.63, 3.8) is 0 Å². The molecule has 1 amide bonds. The molecule has 7 heteroatoms. The normalized spacial score (nSPS) is 18.4. The van der Waals surface area contributed by atoms with Gasteiger partial charge in [-0.25, -0.2) is 0 Å². The summed E-state index contributed by atoms with van der Waals surface area (Å²) in [5, 5.41) is 14.2. The monoisotopic (exact) mass is 346 g/mol. The van der Waals surface area contributed by atoms with Crippen molar-refractivity contribution in [2.24, 2.45) is 5.92 Å². The summed E-state index contributed by atoms with van der Waals surface area (Å²) in [5.41, 5.74) is 1.77. The molecule has 2 aliphatic heterocycles.